The molecule has 6 heteroatoms. The first kappa shape index (κ1) is 22.0. The fourth-order valence-electron chi connectivity index (χ4n) is 3.92. The van der Waals surface area contributed by atoms with Crippen LogP contribution in [0.2, 0.25) is 0 Å². The highest BCUT2D eigenvalue weighted by Crippen LogP contribution is 2.47. The van der Waals surface area contributed by atoms with Crippen molar-refractivity contribution in [2.75, 3.05) is 25.5 Å². The van der Waals surface area contributed by atoms with Crippen LogP contribution in [0.3, 0.4) is 0 Å². The van der Waals surface area contributed by atoms with Gasteiger partial charge in [-0.25, -0.2) is 0 Å². The molecule has 5 nitrogen and oxygen atoms in total. The number of nitrogens with one attached hydrogen (secondary N) is 2. The molecule has 2 aliphatic rings. The van der Waals surface area contributed by atoms with Gasteiger partial charge >= 0.3 is 0 Å². The average Bonchev–Trinajstić information content (AvgIpc) is 3.08. The van der Waals surface area contributed by atoms with E-state index in [2.05, 4.69) is 26.6 Å². The number of guanidine groups is 1. The van der Waals surface area contributed by atoms with Crippen LogP contribution < -0.4 is 10.6 Å². The number of nitrogens with zero attached hydrogens (tertiary/aromatic N) is 2. The monoisotopic (exact) mass is 484 g/mol. The molecule has 1 heterocycles. The zero-order chi connectivity index (χ0) is 18.6. The Bertz CT molecular complexity index is 672. The first-order chi connectivity index (χ1) is 12.5. The lowest BCUT2D eigenvalue weighted by molar-refractivity contribution is -0.119. The molecule has 1 saturated heterocycles. The molecule has 150 valence electrons. The minimum Gasteiger partial charge on any atom is -0.352 e. The lowest BCUT2D eigenvalue weighted by atomic mass is 9.68. The van der Waals surface area contributed by atoms with Crippen molar-refractivity contribution in [2.45, 2.75) is 52.5 Å². The largest absolute Gasteiger partial charge is 0.352 e. The van der Waals surface area contributed by atoms with Crippen molar-refractivity contribution in [1.29, 1.82) is 0 Å². The van der Waals surface area contributed by atoms with Crippen LogP contribution in [0.5, 0.6) is 0 Å². The molecule has 1 aliphatic carbocycles. The number of hydrogen-bond acceptors (Lipinski definition) is 2. The van der Waals surface area contributed by atoms with Gasteiger partial charge in [-0.1, -0.05) is 32.4 Å². The van der Waals surface area contributed by atoms with Gasteiger partial charge < -0.3 is 15.5 Å². The predicted octanol–water partition coefficient (Wildman–Crippen LogP) is 4.24. The standard InChI is InChI=1S/C21H32N4O.HI/c1-4-16(2)19(26)24-18-8-5-7-17(13-18)14-23-20(22-3)25-12-11-21(15-25)9-6-10-21;/h5,7-8,13,16H,4,6,9-12,14-15H2,1-3H3,(H,22,23)(H,24,26);1H. The highest BCUT2D eigenvalue weighted by molar-refractivity contribution is 14.0. The van der Waals surface area contributed by atoms with Gasteiger partial charge in [-0.2, -0.15) is 0 Å². The maximum Gasteiger partial charge on any atom is 0.227 e. The van der Waals surface area contributed by atoms with E-state index in [1.54, 1.807) is 0 Å². The van der Waals surface area contributed by atoms with Gasteiger partial charge in [0.15, 0.2) is 5.96 Å². The highest BCUT2D eigenvalue weighted by Gasteiger charge is 2.43. The third-order valence-electron chi connectivity index (χ3n) is 6.07. The molecule has 1 aliphatic heterocycles. The van der Waals surface area contributed by atoms with Crippen molar-refractivity contribution in [3.63, 3.8) is 0 Å². The molecule has 0 aromatic heterocycles. The van der Waals surface area contributed by atoms with Crippen molar-refractivity contribution < 1.29 is 4.79 Å². The number of rotatable bonds is 5. The van der Waals surface area contributed by atoms with Crippen molar-refractivity contribution in [3.8, 4) is 0 Å². The Morgan fingerprint density at radius 1 is 1.33 bits per heavy atom. The molecule has 3 rings (SSSR count). The number of anilines is 1. The van der Waals surface area contributed by atoms with Crippen molar-refractivity contribution >= 4 is 41.5 Å². The lowest BCUT2D eigenvalue weighted by Crippen LogP contribution is -2.42. The van der Waals surface area contributed by atoms with Crippen molar-refractivity contribution in [3.05, 3.63) is 29.8 Å². The van der Waals surface area contributed by atoms with E-state index >= 15 is 0 Å². The maximum atomic E-state index is 12.1. The molecule has 1 amide bonds. The van der Waals surface area contributed by atoms with E-state index in [1.165, 1.54) is 25.7 Å². The van der Waals surface area contributed by atoms with Gasteiger partial charge in [0, 0.05) is 38.3 Å². The molecule has 1 aromatic rings. The Kier molecular flexibility index (Phi) is 7.94. The van der Waals surface area contributed by atoms with Gasteiger partial charge in [-0.05, 0) is 48.8 Å². The summed E-state index contributed by atoms with van der Waals surface area (Å²) in [5, 5.41) is 6.50. The number of carbonyl (C=O) groups is 1. The van der Waals surface area contributed by atoms with E-state index in [4.69, 9.17) is 0 Å². The molecule has 1 unspecified atom stereocenters. The Labute approximate surface area is 180 Å². The summed E-state index contributed by atoms with van der Waals surface area (Å²) in [4.78, 5) is 19.0. The minimum atomic E-state index is 0. The van der Waals surface area contributed by atoms with Gasteiger partial charge in [0.1, 0.15) is 0 Å². The zero-order valence-electron chi connectivity index (χ0n) is 16.8. The van der Waals surface area contributed by atoms with Gasteiger partial charge in [0.05, 0.1) is 0 Å². The molecule has 1 saturated carbocycles. The first-order valence-electron chi connectivity index (χ1n) is 9.91. The smallest absolute Gasteiger partial charge is 0.227 e. The first-order valence-corrected chi connectivity index (χ1v) is 9.91. The van der Waals surface area contributed by atoms with E-state index in [-0.39, 0.29) is 35.8 Å². The predicted molar refractivity (Wildman–Crippen MR) is 123 cm³/mol. The third kappa shape index (κ3) is 5.36. The number of hydrogen-bond donors (Lipinski definition) is 2. The van der Waals surface area contributed by atoms with Crippen LogP contribution in [0.15, 0.2) is 29.3 Å². The quantitative estimate of drug-likeness (QED) is 0.374. The molecule has 2 fully saturated rings. The third-order valence-corrected chi connectivity index (χ3v) is 6.07. The molecular weight excluding hydrogens is 451 g/mol. The summed E-state index contributed by atoms with van der Waals surface area (Å²) >= 11 is 0. The molecule has 1 aromatic carbocycles. The van der Waals surface area contributed by atoms with Crippen LogP contribution in [-0.2, 0) is 11.3 Å². The van der Waals surface area contributed by atoms with Crippen LogP contribution >= 0.6 is 24.0 Å². The molecule has 27 heavy (non-hydrogen) atoms. The lowest BCUT2D eigenvalue weighted by Gasteiger charge is -2.38. The Balaban J connectivity index is 0.00000261. The molecular formula is C21H33IN4O. The number of aliphatic imine (C=N–C) groups is 1. The maximum absolute atomic E-state index is 12.1. The summed E-state index contributed by atoms with van der Waals surface area (Å²) in [6.45, 7) is 6.93. The van der Waals surface area contributed by atoms with E-state index in [1.807, 2.05) is 39.1 Å². The fraction of sp³-hybridized carbons (Fsp3) is 0.619. The van der Waals surface area contributed by atoms with Crippen LogP contribution in [0.1, 0.15) is 51.5 Å². The molecule has 1 atom stereocenters. The zero-order valence-corrected chi connectivity index (χ0v) is 19.1. The van der Waals surface area contributed by atoms with Crippen LogP contribution in [0.4, 0.5) is 5.69 Å². The van der Waals surface area contributed by atoms with Crippen LogP contribution in [-0.4, -0.2) is 36.9 Å². The van der Waals surface area contributed by atoms with Gasteiger partial charge in [0.25, 0.3) is 0 Å². The van der Waals surface area contributed by atoms with Crippen molar-refractivity contribution in [1.82, 2.24) is 10.2 Å². The fourth-order valence-corrected chi connectivity index (χ4v) is 3.92. The Morgan fingerprint density at radius 3 is 2.70 bits per heavy atom. The second-order valence-electron chi connectivity index (χ2n) is 7.92. The Morgan fingerprint density at radius 2 is 2.11 bits per heavy atom. The van der Waals surface area contributed by atoms with Gasteiger partial charge in [-0.3, -0.25) is 9.79 Å². The van der Waals surface area contributed by atoms with Gasteiger partial charge in [-0.15, -0.1) is 24.0 Å². The van der Waals surface area contributed by atoms with Gasteiger partial charge in [0.2, 0.25) is 5.91 Å². The number of halogens is 1. The van der Waals surface area contributed by atoms with E-state index in [9.17, 15) is 4.79 Å². The summed E-state index contributed by atoms with van der Waals surface area (Å²) in [5.74, 6) is 1.10. The topological polar surface area (TPSA) is 56.7 Å². The summed E-state index contributed by atoms with van der Waals surface area (Å²) in [6, 6.07) is 8.05. The molecule has 0 radical (unpaired) electrons. The molecule has 2 N–H and O–H groups in total. The number of benzene rings is 1. The summed E-state index contributed by atoms with van der Waals surface area (Å²) < 4.78 is 0. The number of likely N-dealkylation sites (tertiary alicyclic amines) is 1. The Hall–Kier alpha value is -1.31. The SMILES string of the molecule is CCC(C)C(=O)Nc1cccc(CNC(=NC)N2CCC3(CCC3)C2)c1.I. The second kappa shape index (κ2) is 9.75. The van der Waals surface area contributed by atoms with E-state index in [0.717, 1.165) is 36.7 Å². The summed E-state index contributed by atoms with van der Waals surface area (Å²) in [6.07, 6.45) is 6.28. The van der Waals surface area contributed by atoms with Crippen molar-refractivity contribution in [2.24, 2.45) is 16.3 Å². The molecule has 0 bridgehead atoms. The summed E-state index contributed by atoms with van der Waals surface area (Å²) in [5.41, 5.74) is 2.57. The number of carbonyl (C=O) groups excluding carboxylic acids is 1. The average molecular weight is 484 g/mol. The minimum absolute atomic E-state index is 0. The molecule has 1 spiro atoms. The normalized spacial score (nSPS) is 19.2. The van der Waals surface area contributed by atoms with Crippen LogP contribution in [0.25, 0.3) is 0 Å². The van der Waals surface area contributed by atoms with Crippen LogP contribution in [0, 0.1) is 11.3 Å². The second-order valence-corrected chi connectivity index (χ2v) is 7.92. The van der Waals surface area contributed by atoms with E-state index in [0.29, 0.717) is 12.0 Å². The van der Waals surface area contributed by atoms with E-state index < -0.39 is 0 Å². The number of amides is 1. The highest BCUT2D eigenvalue weighted by atomic mass is 127. The summed E-state index contributed by atoms with van der Waals surface area (Å²) in [7, 11) is 1.86.